The highest BCUT2D eigenvalue weighted by atomic mass is 14.1. The van der Waals surface area contributed by atoms with Gasteiger partial charge in [-0.25, -0.2) is 0 Å². The molecule has 2 aromatic rings. The molecule has 0 atom stereocenters. The van der Waals surface area contributed by atoms with Crippen LogP contribution >= 0.6 is 0 Å². The maximum atomic E-state index is 2.31. The topological polar surface area (TPSA) is 0 Å². The minimum absolute atomic E-state index is 1.09. The van der Waals surface area contributed by atoms with Crippen molar-refractivity contribution in [2.75, 3.05) is 0 Å². The summed E-state index contributed by atoms with van der Waals surface area (Å²) in [6.45, 7) is 4.47. The van der Waals surface area contributed by atoms with Crippen molar-refractivity contribution in [3.63, 3.8) is 0 Å². The van der Waals surface area contributed by atoms with Crippen LogP contribution in [0.2, 0.25) is 0 Å². The first-order valence-corrected chi connectivity index (χ1v) is 6.85. The predicted molar refractivity (Wildman–Crippen MR) is 87.0 cm³/mol. The molecule has 18 heavy (non-hydrogen) atoms. The summed E-state index contributed by atoms with van der Waals surface area (Å²) >= 11 is 0. The molecule has 0 aliphatic carbocycles. The van der Waals surface area contributed by atoms with Gasteiger partial charge in [0.05, 0.1) is 0 Å². The van der Waals surface area contributed by atoms with Crippen LogP contribution in [0.15, 0.2) is 36.4 Å². The summed E-state index contributed by atoms with van der Waals surface area (Å²) < 4.78 is 0. The number of benzene rings is 2. The van der Waals surface area contributed by atoms with Gasteiger partial charge in [-0.1, -0.05) is 61.2 Å². The van der Waals surface area contributed by atoms with Crippen molar-refractivity contribution in [3.8, 4) is 11.1 Å². The van der Waals surface area contributed by atoms with Crippen molar-refractivity contribution in [1.82, 2.24) is 0 Å². The highest BCUT2D eigenvalue weighted by molar-refractivity contribution is 6.33. The van der Waals surface area contributed by atoms with Gasteiger partial charge < -0.3 is 0 Å². The molecule has 0 aliphatic rings. The standard InChI is InChI=1S/C16H20B2/c1-3-11-9-13(17)5-7-15(11)16-8-6-14(18)10-12(16)4-2/h5-10H,3-4,17-18H2,1-2H3. The van der Waals surface area contributed by atoms with Crippen LogP contribution < -0.4 is 10.9 Å². The van der Waals surface area contributed by atoms with E-state index in [0.29, 0.717) is 0 Å². The molecule has 90 valence electrons. The lowest BCUT2D eigenvalue weighted by Crippen LogP contribution is -2.07. The van der Waals surface area contributed by atoms with E-state index in [0.717, 1.165) is 12.8 Å². The number of hydrogen-bond donors (Lipinski definition) is 0. The predicted octanol–water partition coefficient (Wildman–Crippen LogP) is 0.995. The van der Waals surface area contributed by atoms with E-state index in [4.69, 9.17) is 0 Å². The molecule has 2 aromatic carbocycles. The van der Waals surface area contributed by atoms with E-state index in [1.54, 1.807) is 0 Å². The third kappa shape index (κ3) is 2.53. The van der Waals surface area contributed by atoms with Crippen molar-refractivity contribution < 1.29 is 0 Å². The van der Waals surface area contributed by atoms with Gasteiger partial charge in [0.1, 0.15) is 15.7 Å². The van der Waals surface area contributed by atoms with Gasteiger partial charge in [0.2, 0.25) is 0 Å². The Kier molecular flexibility index (Phi) is 3.96. The van der Waals surface area contributed by atoms with Crippen molar-refractivity contribution in [1.29, 1.82) is 0 Å². The van der Waals surface area contributed by atoms with Gasteiger partial charge in [0.15, 0.2) is 0 Å². The van der Waals surface area contributed by atoms with Crippen LogP contribution in [0.4, 0.5) is 0 Å². The summed E-state index contributed by atoms with van der Waals surface area (Å²) in [5, 5.41) is 0. The maximum absolute atomic E-state index is 2.31. The zero-order chi connectivity index (χ0) is 13.1. The van der Waals surface area contributed by atoms with Crippen molar-refractivity contribution in [2.45, 2.75) is 26.7 Å². The minimum atomic E-state index is 1.09. The SMILES string of the molecule is Bc1ccc(-c2ccc(B)cc2CC)c(CC)c1. The van der Waals surface area contributed by atoms with Gasteiger partial charge in [-0.3, -0.25) is 0 Å². The van der Waals surface area contributed by atoms with Crippen LogP contribution in [-0.2, 0) is 12.8 Å². The Morgan fingerprint density at radius 3 is 1.44 bits per heavy atom. The Labute approximate surface area is 112 Å². The summed E-state index contributed by atoms with van der Waals surface area (Å²) in [7, 11) is 4.33. The summed E-state index contributed by atoms with van der Waals surface area (Å²) in [6, 6.07) is 13.6. The lowest BCUT2D eigenvalue weighted by molar-refractivity contribution is 1.12. The molecule has 0 saturated carbocycles. The Balaban J connectivity index is 2.61. The van der Waals surface area contributed by atoms with E-state index in [-0.39, 0.29) is 0 Å². The molecule has 0 heterocycles. The molecule has 0 aromatic heterocycles. The molecule has 0 radical (unpaired) electrons. The van der Waals surface area contributed by atoms with Crippen LogP contribution in [-0.4, -0.2) is 15.7 Å². The lowest BCUT2D eigenvalue weighted by atomic mass is 9.85. The third-order valence-corrected chi connectivity index (χ3v) is 3.57. The first kappa shape index (κ1) is 13.0. The van der Waals surface area contributed by atoms with Crippen molar-refractivity contribution in [2.24, 2.45) is 0 Å². The van der Waals surface area contributed by atoms with Crippen molar-refractivity contribution >= 4 is 26.6 Å². The number of rotatable bonds is 3. The molecule has 0 spiro atoms. The van der Waals surface area contributed by atoms with Crippen LogP contribution in [0.3, 0.4) is 0 Å². The molecule has 0 unspecified atom stereocenters. The van der Waals surface area contributed by atoms with Crippen LogP contribution in [0.5, 0.6) is 0 Å². The van der Waals surface area contributed by atoms with Gasteiger partial charge in [-0.2, -0.15) is 0 Å². The fraction of sp³-hybridized carbons (Fsp3) is 0.250. The number of hydrogen-bond acceptors (Lipinski definition) is 0. The molecule has 0 N–H and O–H groups in total. The molecule has 0 saturated heterocycles. The highest BCUT2D eigenvalue weighted by Crippen LogP contribution is 2.26. The second-order valence-corrected chi connectivity index (χ2v) is 5.03. The maximum Gasteiger partial charge on any atom is 0.139 e. The minimum Gasteiger partial charge on any atom is -0.0887 e. The fourth-order valence-electron chi connectivity index (χ4n) is 2.56. The number of aryl methyl sites for hydroxylation is 2. The molecular weight excluding hydrogens is 214 g/mol. The van der Waals surface area contributed by atoms with Crippen LogP contribution in [0.1, 0.15) is 25.0 Å². The van der Waals surface area contributed by atoms with E-state index in [1.807, 2.05) is 0 Å². The Bertz CT molecular complexity index is 508. The molecule has 0 nitrogen and oxygen atoms in total. The zero-order valence-electron chi connectivity index (χ0n) is 11.9. The molecule has 2 heteroatoms. The molecule has 0 bridgehead atoms. The zero-order valence-corrected chi connectivity index (χ0v) is 11.9. The van der Waals surface area contributed by atoms with Crippen molar-refractivity contribution in [3.05, 3.63) is 47.5 Å². The summed E-state index contributed by atoms with van der Waals surface area (Å²) in [5.41, 5.74) is 8.41. The normalized spacial score (nSPS) is 10.6. The van der Waals surface area contributed by atoms with E-state index >= 15 is 0 Å². The molecule has 0 aliphatic heterocycles. The second-order valence-electron chi connectivity index (χ2n) is 5.03. The Morgan fingerprint density at radius 1 is 0.722 bits per heavy atom. The van der Waals surface area contributed by atoms with Crippen LogP contribution in [0, 0.1) is 0 Å². The van der Waals surface area contributed by atoms with E-state index in [9.17, 15) is 0 Å². The van der Waals surface area contributed by atoms with E-state index in [1.165, 1.54) is 33.2 Å². The smallest absolute Gasteiger partial charge is 0.0887 e. The average molecular weight is 234 g/mol. The second kappa shape index (κ2) is 5.48. The first-order chi connectivity index (χ1) is 8.65. The van der Waals surface area contributed by atoms with Gasteiger partial charge in [0.25, 0.3) is 0 Å². The highest BCUT2D eigenvalue weighted by Gasteiger charge is 2.08. The fourth-order valence-corrected chi connectivity index (χ4v) is 2.56. The van der Waals surface area contributed by atoms with E-state index < -0.39 is 0 Å². The quantitative estimate of drug-likeness (QED) is 0.695. The van der Waals surface area contributed by atoms with Crippen LogP contribution in [0.25, 0.3) is 11.1 Å². The monoisotopic (exact) mass is 234 g/mol. The summed E-state index contributed by atoms with van der Waals surface area (Å²) in [4.78, 5) is 0. The lowest BCUT2D eigenvalue weighted by Gasteiger charge is -2.14. The largest absolute Gasteiger partial charge is 0.139 e. The van der Waals surface area contributed by atoms with Gasteiger partial charge in [-0.15, -0.1) is 0 Å². The Hall–Kier alpha value is -1.43. The Morgan fingerprint density at radius 2 is 1.11 bits per heavy atom. The summed E-state index contributed by atoms with van der Waals surface area (Å²) in [5.74, 6) is 0. The summed E-state index contributed by atoms with van der Waals surface area (Å²) in [6.07, 6.45) is 2.18. The van der Waals surface area contributed by atoms with Gasteiger partial charge >= 0.3 is 0 Å². The van der Waals surface area contributed by atoms with Gasteiger partial charge in [0, 0.05) is 0 Å². The molecule has 0 fully saturated rings. The third-order valence-electron chi connectivity index (χ3n) is 3.57. The first-order valence-electron chi connectivity index (χ1n) is 6.85. The van der Waals surface area contributed by atoms with E-state index in [2.05, 4.69) is 65.9 Å². The molecular formula is C16H20B2. The average Bonchev–Trinajstić information content (AvgIpc) is 2.38. The van der Waals surface area contributed by atoms with Gasteiger partial charge in [-0.05, 0) is 35.1 Å². The molecule has 2 rings (SSSR count). The molecule has 0 amide bonds.